The van der Waals surface area contributed by atoms with E-state index in [2.05, 4.69) is 14.9 Å². The van der Waals surface area contributed by atoms with Crippen LogP contribution in [0.3, 0.4) is 0 Å². The van der Waals surface area contributed by atoms with E-state index >= 15 is 0 Å². The number of ether oxygens (including phenoxy) is 3. The first-order chi connectivity index (χ1) is 16.9. The van der Waals surface area contributed by atoms with E-state index in [4.69, 9.17) is 14.2 Å². The van der Waals surface area contributed by atoms with Gasteiger partial charge in [0, 0.05) is 31.7 Å². The van der Waals surface area contributed by atoms with Gasteiger partial charge in [0.2, 0.25) is 11.5 Å². The molecule has 2 saturated heterocycles. The minimum absolute atomic E-state index is 0.0311. The van der Waals surface area contributed by atoms with Gasteiger partial charge < -0.3 is 28.9 Å². The lowest BCUT2D eigenvalue weighted by molar-refractivity contribution is -0.385. The molecule has 0 saturated carbocycles. The highest BCUT2D eigenvalue weighted by atomic mass is 16.6. The lowest BCUT2D eigenvalue weighted by atomic mass is 10.1. The van der Waals surface area contributed by atoms with E-state index in [9.17, 15) is 19.7 Å². The second-order valence-corrected chi connectivity index (χ2v) is 10.1. The second kappa shape index (κ2) is 11.2. The van der Waals surface area contributed by atoms with E-state index in [0.717, 1.165) is 19.4 Å². The van der Waals surface area contributed by atoms with Gasteiger partial charge in [0.15, 0.2) is 0 Å². The molecule has 2 fully saturated rings. The van der Waals surface area contributed by atoms with E-state index in [1.807, 2.05) is 14.0 Å². The van der Waals surface area contributed by atoms with Gasteiger partial charge in [-0.3, -0.25) is 10.1 Å². The van der Waals surface area contributed by atoms with Crippen molar-refractivity contribution < 1.29 is 28.7 Å². The summed E-state index contributed by atoms with van der Waals surface area (Å²) in [5.41, 5.74) is -1.64. The topological polar surface area (TPSA) is 140 Å². The number of likely N-dealkylation sites (N-methyl/N-ethyl adjacent to an activating group) is 1. The van der Waals surface area contributed by atoms with Crippen LogP contribution >= 0.6 is 0 Å². The lowest BCUT2D eigenvalue weighted by Gasteiger charge is -2.40. The molecule has 13 heteroatoms. The van der Waals surface area contributed by atoms with Crippen LogP contribution in [0.4, 0.5) is 16.3 Å². The Morgan fingerprint density at radius 2 is 1.92 bits per heavy atom. The largest absolute Gasteiger partial charge is 0.462 e. The molecule has 0 aromatic carbocycles. The first kappa shape index (κ1) is 27.4. The molecule has 2 aliphatic rings. The fourth-order valence-electron chi connectivity index (χ4n) is 4.32. The summed E-state index contributed by atoms with van der Waals surface area (Å²) >= 11 is 0. The van der Waals surface area contributed by atoms with Crippen LogP contribution < -0.4 is 9.64 Å². The number of hydrogen-bond donors (Lipinski definition) is 0. The van der Waals surface area contributed by atoms with Crippen molar-refractivity contribution in [3.8, 4) is 6.01 Å². The molecule has 0 aliphatic carbocycles. The van der Waals surface area contributed by atoms with Crippen molar-refractivity contribution >= 4 is 23.6 Å². The number of anilines is 1. The summed E-state index contributed by atoms with van der Waals surface area (Å²) in [6, 6.07) is -0.320. The molecular weight excluding hydrogens is 472 g/mol. The van der Waals surface area contributed by atoms with Crippen LogP contribution in [0.1, 0.15) is 57.9 Å². The summed E-state index contributed by atoms with van der Waals surface area (Å²) in [6.07, 6.45) is 1.54. The Labute approximate surface area is 210 Å². The zero-order valence-electron chi connectivity index (χ0n) is 21.9. The molecule has 1 amide bonds. The molecule has 2 atom stereocenters. The summed E-state index contributed by atoms with van der Waals surface area (Å²) in [5.74, 6) is -0.958. The highest BCUT2D eigenvalue weighted by Crippen LogP contribution is 2.34. The quantitative estimate of drug-likeness (QED) is 0.305. The van der Waals surface area contributed by atoms with E-state index in [-0.39, 0.29) is 56.8 Å². The second-order valence-electron chi connectivity index (χ2n) is 10.1. The minimum Gasteiger partial charge on any atom is -0.462 e. The Morgan fingerprint density at radius 3 is 2.47 bits per heavy atom. The average Bonchev–Trinajstić information content (AvgIpc) is 3.20. The van der Waals surface area contributed by atoms with Gasteiger partial charge >= 0.3 is 23.8 Å². The molecule has 0 unspecified atom stereocenters. The van der Waals surface area contributed by atoms with Gasteiger partial charge in [0.05, 0.1) is 11.5 Å². The lowest BCUT2D eigenvalue weighted by Crippen LogP contribution is -2.55. The molecule has 0 spiro atoms. The Hall–Kier alpha value is -3.22. The molecule has 0 bridgehead atoms. The van der Waals surface area contributed by atoms with E-state index in [0.29, 0.717) is 0 Å². The molecule has 1 aromatic rings. The Kier molecular flexibility index (Phi) is 8.54. The normalized spacial score (nSPS) is 20.8. The van der Waals surface area contributed by atoms with Gasteiger partial charge in [0.1, 0.15) is 12.2 Å². The summed E-state index contributed by atoms with van der Waals surface area (Å²) in [7, 11) is 2.00. The van der Waals surface area contributed by atoms with Crippen LogP contribution in [0.15, 0.2) is 0 Å². The van der Waals surface area contributed by atoms with Crippen LogP contribution in [-0.2, 0) is 9.47 Å². The molecule has 200 valence electrons. The number of amides is 1. The Bertz CT molecular complexity index is 982. The van der Waals surface area contributed by atoms with Gasteiger partial charge in [-0.2, -0.15) is 9.97 Å². The van der Waals surface area contributed by atoms with Crippen molar-refractivity contribution in [2.45, 2.75) is 65.1 Å². The number of carbonyl (C=O) groups is 2. The zero-order valence-corrected chi connectivity index (χ0v) is 21.9. The van der Waals surface area contributed by atoms with Crippen LogP contribution in [-0.4, -0.2) is 101 Å². The predicted molar refractivity (Wildman–Crippen MR) is 130 cm³/mol. The van der Waals surface area contributed by atoms with Crippen LogP contribution in [0, 0.1) is 10.1 Å². The van der Waals surface area contributed by atoms with E-state index in [1.54, 1.807) is 37.5 Å². The number of carbonyl (C=O) groups excluding carboxylic acids is 2. The van der Waals surface area contributed by atoms with Crippen molar-refractivity contribution in [3.05, 3.63) is 15.8 Å². The summed E-state index contributed by atoms with van der Waals surface area (Å²) in [4.78, 5) is 50.5. The molecule has 1 aromatic heterocycles. The number of piperazine rings is 1. The maximum absolute atomic E-state index is 12.7. The van der Waals surface area contributed by atoms with Crippen molar-refractivity contribution in [2.75, 3.05) is 51.3 Å². The third kappa shape index (κ3) is 6.50. The van der Waals surface area contributed by atoms with Crippen LogP contribution in [0.5, 0.6) is 6.01 Å². The van der Waals surface area contributed by atoms with Gasteiger partial charge in [-0.15, -0.1) is 0 Å². The molecular formula is C23H36N6O7. The zero-order chi connectivity index (χ0) is 26.6. The molecule has 13 nitrogen and oxygen atoms in total. The fraction of sp³-hybridized carbons (Fsp3) is 0.739. The van der Waals surface area contributed by atoms with Crippen molar-refractivity contribution in [1.82, 2.24) is 19.8 Å². The maximum atomic E-state index is 12.7. The number of nitrogens with zero attached hydrogens (tertiary/aromatic N) is 6. The molecule has 0 N–H and O–H groups in total. The fourth-order valence-corrected chi connectivity index (χ4v) is 4.32. The SMILES string of the molecule is CCOC(=O)c1nc(OC[C@@H]2CCCN2C)nc(N2CCN(C(=O)OC(C)(C)C)C[C@@H]2C)c1[N+](=O)[O-]. The predicted octanol–water partition coefficient (Wildman–Crippen LogP) is 2.48. The van der Waals surface area contributed by atoms with Crippen LogP contribution in [0.25, 0.3) is 0 Å². The Morgan fingerprint density at radius 1 is 1.19 bits per heavy atom. The smallest absolute Gasteiger partial charge is 0.410 e. The molecule has 3 rings (SSSR count). The summed E-state index contributed by atoms with van der Waals surface area (Å²) < 4.78 is 16.4. The number of aromatic nitrogens is 2. The van der Waals surface area contributed by atoms with Gasteiger partial charge in [-0.05, 0) is 61.1 Å². The average molecular weight is 509 g/mol. The molecule has 0 radical (unpaired) electrons. The Balaban J connectivity index is 1.92. The molecule has 36 heavy (non-hydrogen) atoms. The van der Waals surface area contributed by atoms with Crippen molar-refractivity contribution in [3.63, 3.8) is 0 Å². The first-order valence-corrected chi connectivity index (χ1v) is 12.2. The number of likely N-dealkylation sites (tertiary alicyclic amines) is 1. The number of nitro groups is 1. The summed E-state index contributed by atoms with van der Waals surface area (Å²) in [6.45, 7) is 10.8. The third-order valence-corrected chi connectivity index (χ3v) is 6.12. The van der Waals surface area contributed by atoms with E-state index < -0.39 is 34.0 Å². The van der Waals surface area contributed by atoms with Gasteiger partial charge in [-0.1, -0.05) is 0 Å². The minimum atomic E-state index is -0.921. The van der Waals surface area contributed by atoms with Gasteiger partial charge in [0.25, 0.3) is 0 Å². The highest BCUT2D eigenvalue weighted by Gasteiger charge is 2.38. The first-order valence-electron chi connectivity index (χ1n) is 12.2. The van der Waals surface area contributed by atoms with Crippen molar-refractivity contribution in [2.24, 2.45) is 0 Å². The maximum Gasteiger partial charge on any atom is 0.410 e. The van der Waals surface area contributed by atoms with Gasteiger partial charge in [-0.25, -0.2) is 9.59 Å². The monoisotopic (exact) mass is 508 g/mol. The third-order valence-electron chi connectivity index (χ3n) is 6.12. The van der Waals surface area contributed by atoms with E-state index in [1.165, 1.54) is 0 Å². The summed E-state index contributed by atoms with van der Waals surface area (Å²) in [5, 5.41) is 12.1. The van der Waals surface area contributed by atoms with Crippen molar-refractivity contribution in [1.29, 1.82) is 0 Å². The number of esters is 1. The number of rotatable bonds is 7. The molecule has 3 heterocycles. The standard InChI is InChI=1S/C23H36N6O7/c1-7-34-20(30)17-18(29(32)33)19(25-21(24-17)35-14-16-9-8-10-26(16)6)28-12-11-27(13-15(28)2)22(31)36-23(3,4)5/h15-16H,7-14H2,1-6H3/t15-,16-/m0/s1. The van der Waals surface area contributed by atoms with Crippen LogP contribution in [0.2, 0.25) is 0 Å². The molecule has 2 aliphatic heterocycles. The highest BCUT2D eigenvalue weighted by molar-refractivity contribution is 5.94. The number of hydrogen-bond acceptors (Lipinski definition) is 11.